The van der Waals surface area contributed by atoms with Crippen LogP contribution in [-0.2, 0) is 18.4 Å². The molecular weight excluding hydrogens is 218 g/mol. The van der Waals surface area contributed by atoms with Crippen molar-refractivity contribution in [1.82, 2.24) is 20.1 Å². The Hall–Kier alpha value is -1.43. The first-order valence-corrected chi connectivity index (χ1v) is 5.95. The average molecular weight is 237 g/mol. The highest BCUT2D eigenvalue weighted by atomic mass is 16.1. The summed E-state index contributed by atoms with van der Waals surface area (Å²) in [6, 6.07) is 0. The summed E-state index contributed by atoms with van der Waals surface area (Å²) in [5.74, 6) is 0.680. The Morgan fingerprint density at radius 2 is 2.41 bits per heavy atom. The Morgan fingerprint density at radius 1 is 1.65 bits per heavy atom. The summed E-state index contributed by atoms with van der Waals surface area (Å²) < 4.78 is 1.62. The second kappa shape index (κ2) is 4.83. The Morgan fingerprint density at radius 3 is 2.88 bits per heavy atom. The molecule has 0 radical (unpaired) electrons. The van der Waals surface area contributed by atoms with Crippen molar-refractivity contribution in [2.45, 2.75) is 32.2 Å². The van der Waals surface area contributed by atoms with Gasteiger partial charge >= 0.3 is 0 Å². The first-order chi connectivity index (χ1) is 8.13. The number of nitrogens with one attached hydrogen (secondary N) is 1. The Labute approximate surface area is 101 Å². The van der Waals surface area contributed by atoms with Gasteiger partial charge < -0.3 is 11.1 Å². The van der Waals surface area contributed by atoms with Gasteiger partial charge in [-0.05, 0) is 24.8 Å². The lowest BCUT2D eigenvalue weighted by Crippen LogP contribution is -2.41. The molecule has 94 valence electrons. The van der Waals surface area contributed by atoms with Gasteiger partial charge in [-0.1, -0.05) is 6.42 Å². The molecule has 3 N–H and O–H groups in total. The van der Waals surface area contributed by atoms with Gasteiger partial charge in [0.1, 0.15) is 6.33 Å². The molecule has 1 aliphatic carbocycles. The number of hydrogen-bond donors (Lipinski definition) is 2. The van der Waals surface area contributed by atoms with Crippen LogP contribution in [0.15, 0.2) is 6.33 Å². The smallest absolute Gasteiger partial charge is 0.220 e. The monoisotopic (exact) mass is 237 g/mol. The molecule has 2 rings (SSSR count). The first-order valence-electron chi connectivity index (χ1n) is 5.95. The highest BCUT2D eigenvalue weighted by Crippen LogP contribution is 2.42. The second-order valence-corrected chi connectivity index (χ2v) is 4.85. The molecular formula is C11H19N5O. The van der Waals surface area contributed by atoms with Gasteiger partial charge in [0, 0.05) is 13.5 Å². The van der Waals surface area contributed by atoms with Gasteiger partial charge in [-0.25, -0.2) is 4.98 Å². The fourth-order valence-corrected chi connectivity index (χ4v) is 2.18. The van der Waals surface area contributed by atoms with Crippen LogP contribution in [-0.4, -0.2) is 27.2 Å². The molecule has 0 bridgehead atoms. The minimum atomic E-state index is 0.0441. The van der Waals surface area contributed by atoms with E-state index >= 15 is 0 Å². The van der Waals surface area contributed by atoms with Gasteiger partial charge in [0.25, 0.3) is 0 Å². The zero-order valence-electron chi connectivity index (χ0n) is 10.1. The highest BCUT2D eigenvalue weighted by molar-refractivity contribution is 5.76. The predicted octanol–water partition coefficient (Wildman–Crippen LogP) is -0.0496. The fraction of sp³-hybridized carbons (Fsp3) is 0.727. The molecule has 0 aromatic carbocycles. The highest BCUT2D eigenvalue weighted by Gasteiger charge is 2.37. The van der Waals surface area contributed by atoms with Crippen molar-refractivity contribution in [2.24, 2.45) is 18.2 Å². The van der Waals surface area contributed by atoms with Crippen molar-refractivity contribution in [3.05, 3.63) is 12.2 Å². The molecule has 0 atom stereocenters. The van der Waals surface area contributed by atoms with Gasteiger partial charge in [-0.3, -0.25) is 9.48 Å². The lowest BCUT2D eigenvalue weighted by Gasteiger charge is -2.40. The summed E-state index contributed by atoms with van der Waals surface area (Å²) in [4.78, 5) is 15.8. The first kappa shape index (κ1) is 12.0. The second-order valence-electron chi connectivity index (χ2n) is 4.85. The number of carbonyl (C=O) groups is 1. The number of rotatable bonds is 5. The lowest BCUT2D eigenvalue weighted by atomic mass is 9.66. The minimum absolute atomic E-state index is 0.0441. The van der Waals surface area contributed by atoms with Crippen LogP contribution in [0.25, 0.3) is 0 Å². The molecule has 6 heteroatoms. The van der Waals surface area contributed by atoms with Crippen LogP contribution in [0, 0.1) is 5.41 Å². The van der Waals surface area contributed by atoms with Gasteiger partial charge in [-0.2, -0.15) is 5.10 Å². The molecule has 1 aromatic rings. The normalized spacial score (nSPS) is 17.5. The standard InChI is InChI=1S/C11H19N5O/c1-16-8-14-9(15-16)6-13-10(17)5-11(7-12)3-2-4-11/h8H,2-7,12H2,1H3,(H,13,17). The molecule has 17 heavy (non-hydrogen) atoms. The van der Waals surface area contributed by atoms with Crippen LogP contribution >= 0.6 is 0 Å². The van der Waals surface area contributed by atoms with E-state index in [0.29, 0.717) is 25.3 Å². The molecule has 0 unspecified atom stereocenters. The van der Waals surface area contributed by atoms with Crippen LogP contribution < -0.4 is 11.1 Å². The maximum atomic E-state index is 11.8. The van der Waals surface area contributed by atoms with Crippen molar-refractivity contribution in [3.8, 4) is 0 Å². The maximum absolute atomic E-state index is 11.8. The molecule has 0 spiro atoms. The van der Waals surface area contributed by atoms with Crippen molar-refractivity contribution in [3.63, 3.8) is 0 Å². The molecule has 1 fully saturated rings. The van der Waals surface area contributed by atoms with E-state index in [1.54, 1.807) is 18.1 Å². The van der Waals surface area contributed by atoms with Crippen LogP contribution in [0.1, 0.15) is 31.5 Å². The summed E-state index contributed by atoms with van der Waals surface area (Å²) in [5.41, 5.74) is 5.78. The third kappa shape index (κ3) is 2.82. The molecule has 0 aliphatic heterocycles. The van der Waals surface area contributed by atoms with E-state index in [2.05, 4.69) is 15.4 Å². The fourth-order valence-electron chi connectivity index (χ4n) is 2.18. The Balaban J connectivity index is 1.77. The van der Waals surface area contributed by atoms with E-state index in [0.717, 1.165) is 12.8 Å². The number of nitrogens with two attached hydrogens (primary N) is 1. The van der Waals surface area contributed by atoms with E-state index in [1.807, 2.05) is 0 Å². The third-order valence-electron chi connectivity index (χ3n) is 3.47. The van der Waals surface area contributed by atoms with Crippen LogP contribution in [0.3, 0.4) is 0 Å². The van der Waals surface area contributed by atoms with Gasteiger partial charge in [-0.15, -0.1) is 0 Å². The van der Waals surface area contributed by atoms with E-state index in [4.69, 9.17) is 5.73 Å². The number of aromatic nitrogens is 3. The summed E-state index contributed by atoms with van der Waals surface area (Å²) in [7, 11) is 1.80. The SMILES string of the molecule is Cn1cnc(CNC(=O)CC2(CN)CCC2)n1. The number of carbonyl (C=O) groups excluding carboxylic acids is 1. The maximum Gasteiger partial charge on any atom is 0.220 e. The van der Waals surface area contributed by atoms with Crippen LogP contribution in [0.4, 0.5) is 0 Å². The number of aryl methyl sites for hydroxylation is 1. The molecule has 6 nitrogen and oxygen atoms in total. The molecule has 1 amide bonds. The number of nitrogens with zero attached hydrogens (tertiary/aromatic N) is 3. The predicted molar refractivity (Wildman–Crippen MR) is 62.8 cm³/mol. The van der Waals surface area contributed by atoms with Gasteiger partial charge in [0.05, 0.1) is 6.54 Å². The lowest BCUT2D eigenvalue weighted by molar-refractivity contribution is -0.124. The quantitative estimate of drug-likeness (QED) is 0.752. The Kier molecular flexibility index (Phi) is 3.42. The van der Waals surface area contributed by atoms with E-state index < -0.39 is 0 Å². The molecule has 1 aromatic heterocycles. The topological polar surface area (TPSA) is 85.8 Å². The van der Waals surface area contributed by atoms with Crippen LogP contribution in [0.5, 0.6) is 0 Å². The van der Waals surface area contributed by atoms with E-state index in [1.165, 1.54) is 6.42 Å². The average Bonchev–Trinajstić information content (AvgIpc) is 2.67. The molecule has 1 heterocycles. The molecule has 1 aliphatic rings. The van der Waals surface area contributed by atoms with Crippen LogP contribution in [0.2, 0.25) is 0 Å². The molecule has 0 saturated heterocycles. The van der Waals surface area contributed by atoms with Crippen molar-refractivity contribution in [2.75, 3.05) is 6.54 Å². The zero-order valence-corrected chi connectivity index (χ0v) is 10.1. The van der Waals surface area contributed by atoms with Crippen molar-refractivity contribution >= 4 is 5.91 Å². The van der Waals surface area contributed by atoms with Crippen molar-refractivity contribution in [1.29, 1.82) is 0 Å². The number of amides is 1. The Bertz CT molecular complexity index is 391. The zero-order chi connectivity index (χ0) is 12.3. The third-order valence-corrected chi connectivity index (χ3v) is 3.47. The van der Waals surface area contributed by atoms with Gasteiger partial charge in [0.15, 0.2) is 5.82 Å². The summed E-state index contributed by atoms with van der Waals surface area (Å²) >= 11 is 0. The van der Waals surface area contributed by atoms with E-state index in [9.17, 15) is 4.79 Å². The van der Waals surface area contributed by atoms with E-state index in [-0.39, 0.29) is 11.3 Å². The minimum Gasteiger partial charge on any atom is -0.349 e. The van der Waals surface area contributed by atoms with Gasteiger partial charge in [0.2, 0.25) is 5.91 Å². The number of hydrogen-bond acceptors (Lipinski definition) is 4. The summed E-state index contributed by atoms with van der Waals surface area (Å²) in [6.07, 6.45) is 5.47. The summed E-state index contributed by atoms with van der Waals surface area (Å²) in [6.45, 7) is 0.989. The van der Waals surface area contributed by atoms with Crippen molar-refractivity contribution < 1.29 is 4.79 Å². The largest absolute Gasteiger partial charge is 0.349 e. The summed E-state index contributed by atoms with van der Waals surface area (Å²) in [5, 5.41) is 6.94. The molecule has 1 saturated carbocycles.